The number of piperidine rings is 1. The Morgan fingerprint density at radius 2 is 1.72 bits per heavy atom. The molecule has 1 aliphatic carbocycles. The van der Waals surface area contributed by atoms with Gasteiger partial charge in [0.1, 0.15) is 17.9 Å². The number of ether oxygens (including phenoxy) is 1. The molecule has 0 radical (unpaired) electrons. The van der Waals surface area contributed by atoms with Crippen molar-refractivity contribution in [2.45, 2.75) is 57.5 Å². The molecular weight excluding hydrogens is 396 g/mol. The van der Waals surface area contributed by atoms with Crippen molar-refractivity contribution in [1.29, 1.82) is 0 Å². The lowest BCUT2D eigenvalue weighted by Crippen LogP contribution is -2.38. The number of benzene rings is 2. The molecule has 2 aliphatic rings. The van der Waals surface area contributed by atoms with Crippen molar-refractivity contribution >= 4 is 16.7 Å². The van der Waals surface area contributed by atoms with Gasteiger partial charge < -0.3 is 10.1 Å². The number of fused-ring (bicyclic) bond motifs is 1. The Kier molecular flexibility index (Phi) is 6.83. The first kappa shape index (κ1) is 21.2. The normalized spacial score (nSPS) is 18.6. The summed E-state index contributed by atoms with van der Waals surface area (Å²) in [5.41, 5.74) is 2.34. The van der Waals surface area contributed by atoms with E-state index in [1.807, 2.05) is 0 Å². The van der Waals surface area contributed by atoms with Crippen LogP contribution in [-0.2, 0) is 6.54 Å². The van der Waals surface area contributed by atoms with E-state index < -0.39 is 0 Å². The Balaban J connectivity index is 1.17. The fourth-order valence-electron chi connectivity index (χ4n) is 5.08. The van der Waals surface area contributed by atoms with E-state index >= 15 is 0 Å². The van der Waals surface area contributed by atoms with E-state index in [-0.39, 0.29) is 0 Å². The van der Waals surface area contributed by atoms with Crippen LogP contribution >= 0.6 is 0 Å². The largest absolute Gasteiger partial charge is 0.493 e. The summed E-state index contributed by atoms with van der Waals surface area (Å²) in [5, 5.41) is 4.77. The van der Waals surface area contributed by atoms with Crippen molar-refractivity contribution in [1.82, 2.24) is 14.9 Å². The molecule has 2 aromatic carbocycles. The predicted molar refractivity (Wildman–Crippen MR) is 130 cm³/mol. The Bertz CT molecular complexity index is 995. The van der Waals surface area contributed by atoms with Crippen molar-refractivity contribution in [3.05, 3.63) is 60.4 Å². The third-order valence-corrected chi connectivity index (χ3v) is 7.00. The van der Waals surface area contributed by atoms with Gasteiger partial charge in [-0.05, 0) is 49.3 Å². The van der Waals surface area contributed by atoms with Crippen LogP contribution in [0.4, 0.5) is 5.82 Å². The number of nitrogens with one attached hydrogen (secondary N) is 1. The number of nitrogens with zero attached hydrogens (tertiary/aromatic N) is 3. The molecule has 3 aromatic rings. The Morgan fingerprint density at radius 1 is 0.906 bits per heavy atom. The number of hydrogen-bond acceptors (Lipinski definition) is 5. The first-order valence-corrected chi connectivity index (χ1v) is 12.2. The second-order valence-corrected chi connectivity index (χ2v) is 9.40. The van der Waals surface area contributed by atoms with Crippen molar-refractivity contribution < 1.29 is 4.74 Å². The van der Waals surface area contributed by atoms with Gasteiger partial charge >= 0.3 is 0 Å². The van der Waals surface area contributed by atoms with Crippen LogP contribution in [0.15, 0.2) is 54.9 Å². The van der Waals surface area contributed by atoms with Gasteiger partial charge in [-0.3, -0.25) is 4.90 Å². The molecule has 1 aromatic heterocycles. The van der Waals surface area contributed by atoms with Gasteiger partial charge in [0.15, 0.2) is 0 Å². The van der Waals surface area contributed by atoms with Crippen LogP contribution in [-0.4, -0.2) is 40.6 Å². The molecule has 0 spiro atoms. The molecule has 0 atom stereocenters. The number of hydrogen-bond donors (Lipinski definition) is 1. The highest BCUT2D eigenvalue weighted by atomic mass is 16.5. The molecule has 5 heteroatoms. The minimum atomic E-state index is 0.447. The summed E-state index contributed by atoms with van der Waals surface area (Å²) >= 11 is 0. The lowest BCUT2D eigenvalue weighted by molar-refractivity contribution is 0.209. The highest BCUT2D eigenvalue weighted by Crippen LogP contribution is 2.28. The maximum absolute atomic E-state index is 6.12. The second kappa shape index (κ2) is 10.3. The zero-order valence-electron chi connectivity index (χ0n) is 18.9. The highest BCUT2D eigenvalue weighted by molar-refractivity contribution is 5.89. The maximum atomic E-state index is 6.12. The van der Waals surface area contributed by atoms with E-state index in [0.29, 0.717) is 12.0 Å². The number of aromatic nitrogens is 2. The average Bonchev–Trinajstić information content (AvgIpc) is 2.85. The van der Waals surface area contributed by atoms with E-state index in [2.05, 4.69) is 68.7 Å². The van der Waals surface area contributed by atoms with Gasteiger partial charge in [-0.25, -0.2) is 9.97 Å². The molecule has 1 aliphatic heterocycles. The summed E-state index contributed by atoms with van der Waals surface area (Å²) in [7, 11) is 0. The van der Waals surface area contributed by atoms with E-state index in [4.69, 9.17) is 4.74 Å². The maximum Gasteiger partial charge on any atom is 0.137 e. The summed E-state index contributed by atoms with van der Waals surface area (Å²) in [4.78, 5) is 11.6. The summed E-state index contributed by atoms with van der Waals surface area (Å²) in [6.45, 7) is 4.07. The monoisotopic (exact) mass is 430 g/mol. The lowest BCUT2D eigenvalue weighted by atomic mass is 9.90. The van der Waals surface area contributed by atoms with Crippen LogP contribution in [0, 0.1) is 5.92 Å². The van der Waals surface area contributed by atoms with E-state index in [1.54, 1.807) is 6.33 Å². The van der Waals surface area contributed by atoms with Crippen molar-refractivity contribution in [3.8, 4) is 5.75 Å². The third-order valence-electron chi connectivity index (χ3n) is 7.00. The summed E-state index contributed by atoms with van der Waals surface area (Å²) in [6.07, 6.45) is 10.6. The van der Waals surface area contributed by atoms with Crippen LogP contribution in [0.5, 0.6) is 5.75 Å². The quantitative estimate of drug-likeness (QED) is 0.524. The number of anilines is 1. The van der Waals surface area contributed by atoms with Crippen molar-refractivity contribution in [2.24, 2.45) is 5.92 Å². The fraction of sp³-hybridized carbons (Fsp3) is 0.481. The van der Waals surface area contributed by atoms with Gasteiger partial charge in [0.05, 0.1) is 12.1 Å². The zero-order valence-corrected chi connectivity index (χ0v) is 18.9. The van der Waals surface area contributed by atoms with E-state index in [9.17, 15) is 0 Å². The fourth-order valence-corrected chi connectivity index (χ4v) is 5.08. The van der Waals surface area contributed by atoms with Crippen LogP contribution < -0.4 is 10.1 Å². The molecule has 0 bridgehead atoms. The van der Waals surface area contributed by atoms with Gasteiger partial charge in [-0.2, -0.15) is 0 Å². The molecule has 0 unspecified atom stereocenters. The number of likely N-dealkylation sites (tertiary alicyclic amines) is 1. The summed E-state index contributed by atoms with van der Waals surface area (Å²) in [5.74, 6) is 2.56. The molecule has 168 valence electrons. The van der Waals surface area contributed by atoms with Gasteiger partial charge in [0.2, 0.25) is 0 Å². The van der Waals surface area contributed by atoms with E-state index in [1.165, 1.54) is 37.7 Å². The topological polar surface area (TPSA) is 50.3 Å². The van der Waals surface area contributed by atoms with Crippen LogP contribution in [0.25, 0.3) is 10.9 Å². The second-order valence-electron chi connectivity index (χ2n) is 9.40. The van der Waals surface area contributed by atoms with Gasteiger partial charge in [0, 0.05) is 37.1 Å². The molecule has 1 N–H and O–H groups in total. The number of rotatable bonds is 7. The molecule has 5 nitrogen and oxygen atoms in total. The first-order valence-electron chi connectivity index (χ1n) is 12.2. The Labute approximate surface area is 191 Å². The zero-order chi connectivity index (χ0) is 21.6. The molecule has 5 rings (SSSR count). The SMILES string of the molecule is c1ccc(CN2CCC(Nc3ncnc4cc(OCC5CCCCC5)ccc34)CC2)cc1. The third kappa shape index (κ3) is 5.39. The van der Waals surface area contributed by atoms with Gasteiger partial charge in [0.25, 0.3) is 0 Å². The minimum absolute atomic E-state index is 0.447. The summed E-state index contributed by atoms with van der Waals surface area (Å²) in [6, 6.07) is 17.4. The standard InChI is InChI=1S/C27H34N4O/c1-3-7-21(8-4-1)18-31-15-13-23(14-16-31)30-27-25-12-11-24(17-26(25)28-20-29-27)32-19-22-9-5-2-6-10-22/h1,3-4,7-8,11-12,17,20,22-23H,2,5-6,9-10,13-16,18-19H2,(H,28,29,30). The van der Waals surface area contributed by atoms with Crippen LogP contribution in [0.2, 0.25) is 0 Å². The van der Waals surface area contributed by atoms with Crippen molar-refractivity contribution in [2.75, 3.05) is 25.0 Å². The Hall–Kier alpha value is -2.66. The summed E-state index contributed by atoms with van der Waals surface area (Å²) < 4.78 is 6.12. The predicted octanol–water partition coefficient (Wildman–Crippen LogP) is 5.67. The molecular formula is C27H34N4O. The smallest absolute Gasteiger partial charge is 0.137 e. The molecule has 1 saturated heterocycles. The van der Waals surface area contributed by atoms with E-state index in [0.717, 1.165) is 61.6 Å². The molecule has 1 saturated carbocycles. The molecule has 2 fully saturated rings. The van der Waals surface area contributed by atoms with Gasteiger partial charge in [-0.15, -0.1) is 0 Å². The highest BCUT2D eigenvalue weighted by Gasteiger charge is 2.20. The molecule has 0 amide bonds. The minimum Gasteiger partial charge on any atom is -0.493 e. The van der Waals surface area contributed by atoms with Gasteiger partial charge in [-0.1, -0.05) is 49.6 Å². The first-order chi connectivity index (χ1) is 15.8. The molecule has 2 heterocycles. The molecule has 32 heavy (non-hydrogen) atoms. The van der Waals surface area contributed by atoms with Crippen molar-refractivity contribution in [3.63, 3.8) is 0 Å². The van der Waals surface area contributed by atoms with Crippen LogP contribution in [0.1, 0.15) is 50.5 Å². The lowest BCUT2D eigenvalue weighted by Gasteiger charge is -2.32. The van der Waals surface area contributed by atoms with Crippen LogP contribution in [0.3, 0.4) is 0 Å². The Morgan fingerprint density at radius 3 is 2.53 bits per heavy atom. The average molecular weight is 431 g/mol.